The van der Waals surface area contributed by atoms with Gasteiger partial charge in [0.2, 0.25) is 11.7 Å². The average Bonchev–Trinajstić information content (AvgIpc) is 3.39. The minimum absolute atomic E-state index is 0.123. The summed E-state index contributed by atoms with van der Waals surface area (Å²) in [5.41, 5.74) is 15.6. The van der Waals surface area contributed by atoms with Gasteiger partial charge in [-0.15, -0.1) is 0 Å². The number of nitrogens with zero attached hydrogens (tertiary/aromatic N) is 2. The maximum Gasteiger partial charge on any atom is 0.221 e. The predicted molar refractivity (Wildman–Crippen MR) is 124 cm³/mol. The van der Waals surface area contributed by atoms with Crippen LogP contribution in [0, 0.1) is 5.82 Å². The number of methoxy groups -OCH3 is 2. The highest BCUT2D eigenvalue weighted by atomic mass is 19.1. The summed E-state index contributed by atoms with van der Waals surface area (Å²) in [6.45, 7) is 0. The number of hydrogen-bond acceptors (Lipinski definition) is 7. The quantitative estimate of drug-likeness (QED) is 0.356. The van der Waals surface area contributed by atoms with Crippen LogP contribution < -0.4 is 20.9 Å². The number of rotatable bonds is 6. The van der Waals surface area contributed by atoms with Gasteiger partial charge in [0.1, 0.15) is 17.4 Å². The van der Waals surface area contributed by atoms with Gasteiger partial charge in [0.25, 0.3) is 0 Å². The van der Waals surface area contributed by atoms with E-state index in [2.05, 4.69) is 15.0 Å². The highest BCUT2D eigenvalue weighted by molar-refractivity contribution is 5.90. The summed E-state index contributed by atoms with van der Waals surface area (Å²) < 4.78 is 30.9. The Bertz CT molecular complexity index is 1490. The lowest BCUT2D eigenvalue weighted by atomic mass is 10.0. The molecule has 0 saturated carbocycles. The topological polar surface area (TPSA) is 125 Å². The monoisotopic (exact) mass is 447 g/mol. The van der Waals surface area contributed by atoms with Gasteiger partial charge in [0.15, 0.2) is 11.3 Å². The highest BCUT2D eigenvalue weighted by Crippen LogP contribution is 2.41. The molecule has 3 aromatic heterocycles. The number of nitrogens with two attached hydrogens (primary N) is 2. The number of aromatic amines is 1. The molecule has 0 atom stereocenters. The van der Waals surface area contributed by atoms with Gasteiger partial charge in [-0.3, -0.25) is 0 Å². The van der Waals surface area contributed by atoms with Crippen molar-refractivity contribution in [1.82, 2.24) is 15.0 Å². The van der Waals surface area contributed by atoms with Crippen LogP contribution in [0.5, 0.6) is 11.5 Å². The molecule has 0 amide bonds. The highest BCUT2D eigenvalue weighted by Gasteiger charge is 2.20. The van der Waals surface area contributed by atoms with Gasteiger partial charge in [-0.1, -0.05) is 0 Å². The molecular formula is C24H22FN5O3. The first-order chi connectivity index (χ1) is 16.0. The molecule has 9 heteroatoms. The Morgan fingerprint density at radius 2 is 1.85 bits per heavy atom. The van der Waals surface area contributed by atoms with Crippen molar-refractivity contribution in [3.8, 4) is 11.5 Å². The number of furan rings is 1. The number of anilines is 2. The van der Waals surface area contributed by atoms with Crippen molar-refractivity contribution >= 4 is 33.6 Å². The molecule has 0 aliphatic carbocycles. The molecule has 0 unspecified atom stereocenters. The summed E-state index contributed by atoms with van der Waals surface area (Å²) in [6, 6.07) is 8.55. The van der Waals surface area contributed by atoms with Gasteiger partial charge < -0.3 is 30.3 Å². The summed E-state index contributed by atoms with van der Waals surface area (Å²) in [4.78, 5) is 11.2. The second-order valence-electron chi connectivity index (χ2n) is 7.72. The molecule has 5 rings (SSSR count). The molecule has 0 aliphatic rings. The molecule has 3 heterocycles. The van der Waals surface area contributed by atoms with Crippen LogP contribution in [0.4, 0.5) is 16.2 Å². The van der Waals surface area contributed by atoms with Crippen molar-refractivity contribution in [2.45, 2.75) is 12.8 Å². The zero-order valence-corrected chi connectivity index (χ0v) is 18.1. The first kappa shape index (κ1) is 20.6. The van der Waals surface area contributed by atoms with E-state index in [0.717, 1.165) is 38.7 Å². The van der Waals surface area contributed by atoms with Crippen molar-refractivity contribution in [1.29, 1.82) is 0 Å². The zero-order chi connectivity index (χ0) is 23.1. The van der Waals surface area contributed by atoms with Crippen molar-refractivity contribution in [2.75, 3.05) is 25.7 Å². The third kappa shape index (κ3) is 3.67. The van der Waals surface area contributed by atoms with Crippen LogP contribution >= 0.6 is 0 Å². The van der Waals surface area contributed by atoms with E-state index in [0.29, 0.717) is 35.7 Å². The second kappa shape index (κ2) is 8.01. The van der Waals surface area contributed by atoms with Crippen LogP contribution in [0.1, 0.15) is 22.5 Å². The van der Waals surface area contributed by atoms with Gasteiger partial charge in [0, 0.05) is 47.1 Å². The smallest absolute Gasteiger partial charge is 0.221 e. The molecule has 0 bridgehead atoms. The zero-order valence-electron chi connectivity index (χ0n) is 18.1. The normalized spacial score (nSPS) is 11.4. The minimum Gasteiger partial charge on any atom is -0.493 e. The third-order valence-electron chi connectivity index (χ3n) is 5.68. The van der Waals surface area contributed by atoms with Crippen molar-refractivity contribution in [3.05, 3.63) is 71.0 Å². The third-order valence-corrected chi connectivity index (χ3v) is 5.68. The number of nitrogens with one attached hydrogen (secondary N) is 1. The fourth-order valence-corrected chi connectivity index (χ4v) is 4.11. The maximum absolute atomic E-state index is 13.6. The first-order valence-electron chi connectivity index (χ1n) is 10.3. The number of halogens is 1. The molecule has 0 spiro atoms. The lowest BCUT2D eigenvalue weighted by Crippen LogP contribution is -2.04. The molecule has 168 valence electrons. The molecule has 0 radical (unpaired) electrons. The molecular weight excluding hydrogens is 425 g/mol. The van der Waals surface area contributed by atoms with Gasteiger partial charge in [-0.05, 0) is 41.5 Å². The van der Waals surface area contributed by atoms with Crippen molar-refractivity contribution < 1.29 is 18.3 Å². The van der Waals surface area contributed by atoms with E-state index in [1.54, 1.807) is 26.5 Å². The lowest BCUT2D eigenvalue weighted by molar-refractivity contribution is 0.352. The van der Waals surface area contributed by atoms with Crippen molar-refractivity contribution in [3.63, 3.8) is 0 Å². The number of fused-ring (bicyclic) bond motifs is 2. The number of nitrogen functional groups attached to an aromatic ring is 2. The van der Waals surface area contributed by atoms with Gasteiger partial charge >= 0.3 is 0 Å². The fourth-order valence-electron chi connectivity index (χ4n) is 4.11. The Labute approximate surface area is 188 Å². The largest absolute Gasteiger partial charge is 0.493 e. The summed E-state index contributed by atoms with van der Waals surface area (Å²) in [5, 5.41) is 1.80. The Morgan fingerprint density at radius 1 is 1.00 bits per heavy atom. The molecule has 0 saturated heterocycles. The Kier molecular flexibility index (Phi) is 5.01. The Balaban J connectivity index is 1.60. The molecule has 2 aromatic carbocycles. The van der Waals surface area contributed by atoms with E-state index in [4.69, 9.17) is 25.4 Å². The molecule has 5 aromatic rings. The van der Waals surface area contributed by atoms with Crippen LogP contribution in [-0.2, 0) is 12.8 Å². The summed E-state index contributed by atoms with van der Waals surface area (Å²) in [6.07, 6.45) is 4.45. The first-order valence-corrected chi connectivity index (χ1v) is 10.3. The molecule has 5 N–H and O–H groups in total. The van der Waals surface area contributed by atoms with Crippen LogP contribution in [0.2, 0.25) is 0 Å². The standard InChI is InChI=1S/C24H22FN5O3/c1-31-20-7-12(5-14-11-29-24(27)30-23(14)26)18-9-16(33-21(18)22(20)32-2)6-13-10-28-19-8-15(25)3-4-17(13)19/h3-4,7-11,28H,5-6H2,1-2H3,(H4,26,27,29,30). The van der Waals surface area contributed by atoms with E-state index >= 15 is 0 Å². The van der Waals surface area contributed by atoms with E-state index in [-0.39, 0.29) is 11.8 Å². The number of ether oxygens (including phenoxy) is 2. The molecule has 8 nitrogen and oxygen atoms in total. The molecule has 0 aliphatic heterocycles. The van der Waals surface area contributed by atoms with Crippen LogP contribution in [-0.4, -0.2) is 29.2 Å². The minimum atomic E-state index is -0.285. The van der Waals surface area contributed by atoms with E-state index in [9.17, 15) is 4.39 Å². The van der Waals surface area contributed by atoms with E-state index < -0.39 is 0 Å². The average molecular weight is 447 g/mol. The predicted octanol–water partition coefficient (Wildman–Crippen LogP) is 4.21. The van der Waals surface area contributed by atoms with Gasteiger partial charge in [-0.2, -0.15) is 4.98 Å². The molecule has 33 heavy (non-hydrogen) atoms. The van der Waals surface area contributed by atoms with E-state index in [1.807, 2.05) is 18.3 Å². The maximum atomic E-state index is 13.6. The number of hydrogen-bond donors (Lipinski definition) is 3. The summed E-state index contributed by atoms with van der Waals surface area (Å²) >= 11 is 0. The SMILES string of the molecule is COc1cc(Cc2cnc(N)nc2N)c2cc(Cc3c[nH]c4cc(F)ccc34)oc2c1OC. The van der Waals surface area contributed by atoms with Gasteiger partial charge in [-0.25, -0.2) is 9.37 Å². The summed E-state index contributed by atoms with van der Waals surface area (Å²) in [7, 11) is 3.14. The van der Waals surface area contributed by atoms with Crippen LogP contribution in [0.25, 0.3) is 21.9 Å². The molecule has 0 fully saturated rings. The van der Waals surface area contributed by atoms with Crippen molar-refractivity contribution in [2.24, 2.45) is 0 Å². The van der Waals surface area contributed by atoms with E-state index in [1.165, 1.54) is 12.1 Å². The van der Waals surface area contributed by atoms with Gasteiger partial charge in [0.05, 0.1) is 14.2 Å². The Hall–Kier alpha value is -4.27. The fraction of sp³-hybridized carbons (Fsp3) is 0.167. The number of aromatic nitrogens is 3. The summed E-state index contributed by atoms with van der Waals surface area (Å²) in [5.74, 6) is 1.93. The number of H-pyrrole nitrogens is 1. The lowest BCUT2D eigenvalue weighted by Gasteiger charge is -2.12. The second-order valence-corrected chi connectivity index (χ2v) is 7.72. The van der Waals surface area contributed by atoms with Crippen LogP contribution in [0.15, 0.2) is 47.1 Å². The Morgan fingerprint density at radius 3 is 2.61 bits per heavy atom. The number of benzene rings is 2. The van der Waals surface area contributed by atoms with Crippen LogP contribution in [0.3, 0.4) is 0 Å².